The van der Waals surface area contributed by atoms with Gasteiger partial charge in [-0.05, 0) is 55.8 Å². The number of hydrogen-bond donors (Lipinski definition) is 1. The Balaban J connectivity index is 1.68. The zero-order valence-electron chi connectivity index (χ0n) is 15.6. The lowest BCUT2D eigenvalue weighted by Crippen LogP contribution is -2.33. The summed E-state index contributed by atoms with van der Waals surface area (Å²) in [5.41, 5.74) is 4.55. The van der Waals surface area contributed by atoms with E-state index in [1.54, 1.807) is 16.0 Å². The van der Waals surface area contributed by atoms with Crippen LogP contribution in [0, 0.1) is 13.8 Å². The van der Waals surface area contributed by atoms with Crippen LogP contribution in [0.15, 0.2) is 41.8 Å². The third-order valence-corrected chi connectivity index (χ3v) is 5.70. The molecular weight excluding hydrogens is 358 g/mol. The lowest BCUT2D eigenvalue weighted by Gasteiger charge is -2.13. The quantitative estimate of drug-likeness (QED) is 0.723. The fourth-order valence-corrected chi connectivity index (χ4v) is 4.10. The van der Waals surface area contributed by atoms with Crippen LogP contribution >= 0.6 is 11.3 Å². The van der Waals surface area contributed by atoms with Crippen LogP contribution in [-0.4, -0.2) is 34.9 Å². The van der Waals surface area contributed by atoms with Crippen molar-refractivity contribution in [1.29, 1.82) is 0 Å². The molecular formula is C21H23N3O2S. The molecule has 0 aliphatic carbocycles. The van der Waals surface area contributed by atoms with Crippen LogP contribution in [-0.2, 0) is 4.74 Å². The first-order valence-corrected chi connectivity index (χ1v) is 10.1. The van der Waals surface area contributed by atoms with Gasteiger partial charge in [0.15, 0.2) is 0 Å². The van der Waals surface area contributed by atoms with Crippen LogP contribution in [0.2, 0.25) is 0 Å². The molecule has 1 amide bonds. The third-order valence-electron chi connectivity index (χ3n) is 4.81. The molecule has 4 rings (SSSR count). The highest BCUT2D eigenvalue weighted by molar-refractivity contribution is 7.13. The van der Waals surface area contributed by atoms with E-state index in [0.717, 1.165) is 41.3 Å². The number of amides is 1. The number of thiophene rings is 1. The molecule has 0 spiro atoms. The van der Waals surface area contributed by atoms with Crippen molar-refractivity contribution in [3.8, 4) is 16.3 Å². The van der Waals surface area contributed by atoms with Crippen LogP contribution in [0.1, 0.15) is 34.5 Å². The summed E-state index contributed by atoms with van der Waals surface area (Å²) in [4.78, 5) is 14.0. The van der Waals surface area contributed by atoms with Crippen molar-refractivity contribution < 1.29 is 9.53 Å². The van der Waals surface area contributed by atoms with Gasteiger partial charge in [-0.1, -0.05) is 23.8 Å². The molecule has 3 heterocycles. The van der Waals surface area contributed by atoms with Gasteiger partial charge in [0.1, 0.15) is 11.4 Å². The van der Waals surface area contributed by atoms with Gasteiger partial charge in [0, 0.05) is 13.2 Å². The molecule has 140 valence electrons. The van der Waals surface area contributed by atoms with E-state index in [1.807, 2.05) is 42.6 Å². The first kappa shape index (κ1) is 17.9. The summed E-state index contributed by atoms with van der Waals surface area (Å²) in [6.07, 6.45) is 2.17. The Morgan fingerprint density at radius 3 is 2.93 bits per heavy atom. The van der Waals surface area contributed by atoms with Crippen molar-refractivity contribution in [2.75, 3.05) is 13.2 Å². The monoisotopic (exact) mass is 381 g/mol. The van der Waals surface area contributed by atoms with E-state index in [4.69, 9.17) is 9.84 Å². The topological polar surface area (TPSA) is 56.2 Å². The van der Waals surface area contributed by atoms with E-state index < -0.39 is 0 Å². The number of aromatic nitrogens is 2. The van der Waals surface area contributed by atoms with Gasteiger partial charge < -0.3 is 10.1 Å². The van der Waals surface area contributed by atoms with Crippen molar-refractivity contribution in [3.63, 3.8) is 0 Å². The van der Waals surface area contributed by atoms with Gasteiger partial charge in [0.25, 0.3) is 5.91 Å². The van der Waals surface area contributed by atoms with Gasteiger partial charge in [-0.25, -0.2) is 4.68 Å². The van der Waals surface area contributed by atoms with E-state index in [2.05, 4.69) is 18.3 Å². The summed E-state index contributed by atoms with van der Waals surface area (Å²) in [5, 5.41) is 9.78. The third kappa shape index (κ3) is 3.82. The molecule has 5 nitrogen and oxygen atoms in total. The summed E-state index contributed by atoms with van der Waals surface area (Å²) in [7, 11) is 0. The standard InChI is InChI=1S/C21H23N3O2S/c1-14-7-8-18(15(2)11-14)24-19(12-17(23-24)20-6-4-10-27-20)21(25)22-13-16-5-3-9-26-16/h4,6-8,10-12,16H,3,5,9,13H2,1-2H3,(H,22,25)/t16-/m0/s1. The van der Waals surface area contributed by atoms with Crippen LogP contribution in [0.4, 0.5) is 0 Å². The van der Waals surface area contributed by atoms with E-state index >= 15 is 0 Å². The molecule has 0 unspecified atom stereocenters. The number of benzene rings is 1. The molecule has 1 aliphatic heterocycles. The van der Waals surface area contributed by atoms with E-state index in [1.165, 1.54) is 5.56 Å². The fourth-order valence-electron chi connectivity index (χ4n) is 3.42. The van der Waals surface area contributed by atoms with Crippen molar-refractivity contribution in [3.05, 3.63) is 58.6 Å². The zero-order chi connectivity index (χ0) is 18.8. The van der Waals surface area contributed by atoms with E-state index in [9.17, 15) is 4.79 Å². The molecule has 1 aromatic carbocycles. The highest BCUT2D eigenvalue weighted by Gasteiger charge is 2.21. The SMILES string of the molecule is Cc1ccc(-n2nc(-c3cccs3)cc2C(=O)NC[C@@H]2CCCO2)c(C)c1. The maximum absolute atomic E-state index is 12.9. The van der Waals surface area contributed by atoms with Crippen molar-refractivity contribution in [1.82, 2.24) is 15.1 Å². The smallest absolute Gasteiger partial charge is 0.270 e. The van der Waals surface area contributed by atoms with Gasteiger partial charge in [-0.15, -0.1) is 11.3 Å². The summed E-state index contributed by atoms with van der Waals surface area (Å²) in [5.74, 6) is -0.124. The Kier molecular flexibility index (Phi) is 5.09. The van der Waals surface area contributed by atoms with Crippen molar-refractivity contribution >= 4 is 17.2 Å². The molecule has 1 atom stereocenters. The van der Waals surface area contributed by atoms with Gasteiger partial charge in [0.05, 0.1) is 16.7 Å². The molecule has 1 saturated heterocycles. The second kappa shape index (κ2) is 7.66. The van der Waals surface area contributed by atoms with Gasteiger partial charge >= 0.3 is 0 Å². The van der Waals surface area contributed by atoms with Crippen LogP contribution < -0.4 is 5.32 Å². The highest BCUT2D eigenvalue weighted by Crippen LogP contribution is 2.27. The minimum Gasteiger partial charge on any atom is -0.376 e. The molecule has 1 fully saturated rings. The number of carbonyl (C=O) groups excluding carboxylic acids is 1. The summed E-state index contributed by atoms with van der Waals surface area (Å²) in [6, 6.07) is 12.1. The first-order valence-electron chi connectivity index (χ1n) is 9.23. The number of rotatable bonds is 5. The Hall–Kier alpha value is -2.44. The van der Waals surface area contributed by atoms with Gasteiger partial charge in [0.2, 0.25) is 0 Å². The number of nitrogens with one attached hydrogen (secondary N) is 1. The number of aryl methyl sites for hydroxylation is 2. The van der Waals surface area contributed by atoms with Crippen LogP contribution in [0.5, 0.6) is 0 Å². The van der Waals surface area contributed by atoms with Crippen molar-refractivity contribution in [2.45, 2.75) is 32.8 Å². The summed E-state index contributed by atoms with van der Waals surface area (Å²) < 4.78 is 7.37. The molecule has 1 N–H and O–H groups in total. The molecule has 2 aromatic heterocycles. The maximum atomic E-state index is 12.9. The Morgan fingerprint density at radius 2 is 2.22 bits per heavy atom. The molecule has 0 saturated carbocycles. The highest BCUT2D eigenvalue weighted by atomic mass is 32.1. The molecule has 0 bridgehead atoms. The molecule has 3 aromatic rings. The lowest BCUT2D eigenvalue weighted by molar-refractivity contribution is 0.0851. The lowest BCUT2D eigenvalue weighted by atomic mass is 10.1. The largest absolute Gasteiger partial charge is 0.376 e. The number of carbonyl (C=O) groups is 1. The summed E-state index contributed by atoms with van der Waals surface area (Å²) >= 11 is 1.62. The average molecular weight is 382 g/mol. The van der Waals surface area contributed by atoms with Gasteiger partial charge in [-0.2, -0.15) is 5.10 Å². The summed E-state index contributed by atoms with van der Waals surface area (Å²) in [6.45, 7) is 5.42. The van der Waals surface area contributed by atoms with Crippen LogP contribution in [0.3, 0.4) is 0 Å². The normalized spacial score (nSPS) is 16.6. The van der Waals surface area contributed by atoms with Crippen LogP contribution in [0.25, 0.3) is 16.3 Å². The Morgan fingerprint density at radius 1 is 1.33 bits per heavy atom. The Bertz CT molecular complexity index is 940. The second-order valence-corrected chi connectivity index (χ2v) is 7.89. The molecule has 27 heavy (non-hydrogen) atoms. The number of hydrogen-bond acceptors (Lipinski definition) is 4. The molecule has 1 aliphatic rings. The molecule has 6 heteroatoms. The fraction of sp³-hybridized carbons (Fsp3) is 0.333. The van der Waals surface area contributed by atoms with Gasteiger partial charge in [-0.3, -0.25) is 4.79 Å². The average Bonchev–Trinajstić information content (AvgIpc) is 3.39. The first-order chi connectivity index (χ1) is 13.1. The Labute approximate surface area is 163 Å². The minimum absolute atomic E-state index is 0.114. The van der Waals surface area contributed by atoms with E-state index in [-0.39, 0.29) is 12.0 Å². The molecule has 0 radical (unpaired) electrons. The zero-order valence-corrected chi connectivity index (χ0v) is 16.4. The van der Waals surface area contributed by atoms with E-state index in [0.29, 0.717) is 12.2 Å². The maximum Gasteiger partial charge on any atom is 0.270 e. The number of nitrogens with zero attached hydrogens (tertiary/aromatic N) is 2. The predicted molar refractivity (Wildman–Crippen MR) is 108 cm³/mol. The second-order valence-electron chi connectivity index (χ2n) is 6.94. The predicted octanol–water partition coefficient (Wildman–Crippen LogP) is 4.13. The van der Waals surface area contributed by atoms with Crippen molar-refractivity contribution in [2.24, 2.45) is 0 Å². The minimum atomic E-state index is -0.124. The number of ether oxygens (including phenoxy) is 1.